The molecule has 0 bridgehead atoms. The smallest absolute Gasteiger partial charge is 0.311 e. The van der Waals surface area contributed by atoms with E-state index in [1.807, 2.05) is 0 Å². The normalized spacial score (nSPS) is 17.5. The Morgan fingerprint density at radius 1 is 1.32 bits per heavy atom. The Kier molecular flexibility index (Phi) is 5.14. The molecule has 0 spiro atoms. The van der Waals surface area contributed by atoms with Crippen LogP contribution < -0.4 is 4.90 Å². The van der Waals surface area contributed by atoms with Crippen LogP contribution in [0.1, 0.15) is 18.9 Å². The van der Waals surface area contributed by atoms with Gasteiger partial charge < -0.3 is 14.4 Å². The van der Waals surface area contributed by atoms with Crippen LogP contribution >= 0.6 is 0 Å². The summed E-state index contributed by atoms with van der Waals surface area (Å²) in [4.78, 5) is 37.0. The van der Waals surface area contributed by atoms with Gasteiger partial charge in [0.2, 0.25) is 5.91 Å². The molecule has 1 amide bonds. The minimum atomic E-state index is -0.465. The van der Waals surface area contributed by atoms with Gasteiger partial charge >= 0.3 is 11.9 Å². The molecule has 1 aliphatic rings. The van der Waals surface area contributed by atoms with Crippen molar-refractivity contribution >= 4 is 23.5 Å². The average molecular weight is 305 g/mol. The zero-order chi connectivity index (χ0) is 16.1. The number of benzene rings is 1. The Morgan fingerprint density at radius 3 is 2.73 bits per heavy atom. The fraction of sp³-hybridized carbons (Fsp3) is 0.438. The van der Waals surface area contributed by atoms with Gasteiger partial charge in [0.25, 0.3) is 0 Å². The molecule has 1 aliphatic heterocycles. The molecular weight excluding hydrogens is 286 g/mol. The second-order valence-electron chi connectivity index (χ2n) is 5.04. The quantitative estimate of drug-likeness (QED) is 0.767. The third kappa shape index (κ3) is 3.44. The fourth-order valence-electron chi connectivity index (χ4n) is 2.56. The average Bonchev–Trinajstić information content (AvgIpc) is 2.89. The topological polar surface area (TPSA) is 72.9 Å². The molecule has 2 rings (SSSR count). The van der Waals surface area contributed by atoms with Crippen LogP contribution in [0.15, 0.2) is 24.3 Å². The molecule has 1 aromatic rings. The Morgan fingerprint density at radius 2 is 2.05 bits per heavy atom. The van der Waals surface area contributed by atoms with Crippen molar-refractivity contribution in [1.29, 1.82) is 0 Å². The Labute approximate surface area is 129 Å². The molecule has 118 valence electrons. The molecule has 0 aromatic heterocycles. The highest BCUT2D eigenvalue weighted by Crippen LogP contribution is 2.29. The van der Waals surface area contributed by atoms with E-state index < -0.39 is 11.9 Å². The lowest BCUT2D eigenvalue weighted by Crippen LogP contribution is -2.27. The van der Waals surface area contributed by atoms with Gasteiger partial charge in [-0.1, -0.05) is 18.2 Å². The predicted molar refractivity (Wildman–Crippen MR) is 79.3 cm³/mol. The van der Waals surface area contributed by atoms with Gasteiger partial charge in [-0.25, -0.2) is 0 Å². The summed E-state index contributed by atoms with van der Waals surface area (Å²) in [6, 6.07) is 7.15. The van der Waals surface area contributed by atoms with Crippen LogP contribution in [-0.2, 0) is 30.3 Å². The largest absolute Gasteiger partial charge is 0.469 e. The maximum absolute atomic E-state index is 12.2. The molecule has 0 radical (unpaired) electrons. The third-order valence-corrected chi connectivity index (χ3v) is 3.58. The summed E-state index contributed by atoms with van der Waals surface area (Å²) in [5.41, 5.74) is 1.35. The molecule has 22 heavy (non-hydrogen) atoms. The van der Waals surface area contributed by atoms with Crippen LogP contribution in [0.5, 0.6) is 0 Å². The molecule has 0 N–H and O–H groups in total. The monoisotopic (exact) mass is 305 g/mol. The summed E-state index contributed by atoms with van der Waals surface area (Å²) < 4.78 is 9.65. The van der Waals surface area contributed by atoms with Gasteiger partial charge in [0.05, 0.1) is 26.1 Å². The predicted octanol–water partition coefficient (Wildman–Crippen LogP) is 1.32. The highest BCUT2D eigenvalue weighted by molar-refractivity contribution is 6.00. The van der Waals surface area contributed by atoms with Crippen molar-refractivity contribution in [2.24, 2.45) is 5.92 Å². The van der Waals surface area contributed by atoms with E-state index in [0.717, 1.165) is 0 Å². The van der Waals surface area contributed by atoms with Gasteiger partial charge in [-0.15, -0.1) is 0 Å². The zero-order valence-electron chi connectivity index (χ0n) is 12.7. The lowest BCUT2D eigenvalue weighted by molar-refractivity contribution is -0.145. The molecule has 6 nitrogen and oxygen atoms in total. The molecule has 0 aliphatic carbocycles. The molecule has 0 saturated carbocycles. The lowest BCUT2D eigenvalue weighted by atomic mass is 10.1. The van der Waals surface area contributed by atoms with E-state index in [-0.39, 0.29) is 31.3 Å². The van der Waals surface area contributed by atoms with Crippen molar-refractivity contribution in [1.82, 2.24) is 0 Å². The number of nitrogens with zero attached hydrogens (tertiary/aromatic N) is 1. The lowest BCUT2D eigenvalue weighted by Gasteiger charge is -2.20. The number of methoxy groups -OCH3 is 1. The van der Waals surface area contributed by atoms with Crippen molar-refractivity contribution in [2.75, 3.05) is 25.2 Å². The number of rotatable bonds is 5. The van der Waals surface area contributed by atoms with Gasteiger partial charge in [-0.3, -0.25) is 14.4 Å². The van der Waals surface area contributed by atoms with Gasteiger partial charge in [0.15, 0.2) is 0 Å². The molecular formula is C16H19NO5. The number of ether oxygens (including phenoxy) is 2. The van der Waals surface area contributed by atoms with E-state index in [0.29, 0.717) is 17.9 Å². The summed E-state index contributed by atoms with van der Waals surface area (Å²) in [6.45, 7) is 2.33. The number of carbonyl (C=O) groups excluding carboxylic acids is 3. The minimum absolute atomic E-state index is 0.0939. The first-order chi connectivity index (χ1) is 10.6. The summed E-state index contributed by atoms with van der Waals surface area (Å²) in [7, 11) is 1.31. The SMILES string of the molecule is CCOC(=O)Cc1ccccc1N1CC(C(=O)OC)CC1=O. The first-order valence-corrected chi connectivity index (χ1v) is 7.18. The molecule has 1 fully saturated rings. The van der Waals surface area contributed by atoms with Crippen LogP contribution in [0.4, 0.5) is 5.69 Å². The molecule has 1 aromatic carbocycles. The summed E-state index contributed by atoms with van der Waals surface area (Å²) in [6.07, 6.45) is 0.219. The number of para-hydroxylation sites is 1. The van der Waals surface area contributed by atoms with Crippen molar-refractivity contribution in [3.8, 4) is 0 Å². The van der Waals surface area contributed by atoms with E-state index in [2.05, 4.69) is 0 Å². The molecule has 1 saturated heterocycles. The first-order valence-electron chi connectivity index (χ1n) is 7.18. The van der Waals surface area contributed by atoms with Crippen LogP contribution in [-0.4, -0.2) is 38.1 Å². The van der Waals surface area contributed by atoms with E-state index in [1.54, 1.807) is 31.2 Å². The highest BCUT2D eigenvalue weighted by Gasteiger charge is 2.36. The Hall–Kier alpha value is -2.37. The second kappa shape index (κ2) is 7.06. The van der Waals surface area contributed by atoms with Crippen LogP contribution in [0, 0.1) is 5.92 Å². The molecule has 1 atom stereocenters. The van der Waals surface area contributed by atoms with Gasteiger partial charge in [-0.05, 0) is 18.6 Å². The van der Waals surface area contributed by atoms with E-state index in [1.165, 1.54) is 12.0 Å². The fourth-order valence-corrected chi connectivity index (χ4v) is 2.56. The highest BCUT2D eigenvalue weighted by atomic mass is 16.5. The maximum Gasteiger partial charge on any atom is 0.311 e. The Bertz CT molecular complexity index is 584. The minimum Gasteiger partial charge on any atom is -0.469 e. The third-order valence-electron chi connectivity index (χ3n) is 3.58. The summed E-state index contributed by atoms with van der Waals surface area (Å²) in [5, 5.41) is 0. The van der Waals surface area contributed by atoms with Crippen molar-refractivity contribution < 1.29 is 23.9 Å². The van der Waals surface area contributed by atoms with Crippen LogP contribution in [0.3, 0.4) is 0 Å². The van der Waals surface area contributed by atoms with Crippen LogP contribution in [0.2, 0.25) is 0 Å². The second-order valence-corrected chi connectivity index (χ2v) is 5.04. The number of anilines is 1. The standard InChI is InChI=1S/C16H19NO5/c1-3-22-15(19)9-11-6-4-5-7-13(11)17-10-12(8-14(17)18)16(20)21-2/h4-7,12H,3,8-10H2,1-2H3. The Balaban J connectivity index is 2.20. The van der Waals surface area contributed by atoms with Crippen molar-refractivity contribution in [3.63, 3.8) is 0 Å². The number of amides is 1. The maximum atomic E-state index is 12.2. The number of hydrogen-bond acceptors (Lipinski definition) is 5. The van der Waals surface area contributed by atoms with Gasteiger partial charge in [-0.2, -0.15) is 0 Å². The molecule has 1 heterocycles. The summed E-state index contributed by atoms with van der Waals surface area (Å²) >= 11 is 0. The summed E-state index contributed by atoms with van der Waals surface area (Å²) in [5.74, 6) is -1.34. The number of carbonyl (C=O) groups is 3. The molecule has 1 unspecified atom stereocenters. The number of esters is 2. The van der Waals surface area contributed by atoms with Crippen molar-refractivity contribution in [3.05, 3.63) is 29.8 Å². The zero-order valence-corrected chi connectivity index (χ0v) is 12.7. The first kappa shape index (κ1) is 16.0. The molecule has 6 heteroatoms. The van der Waals surface area contributed by atoms with Gasteiger partial charge in [0, 0.05) is 18.7 Å². The van der Waals surface area contributed by atoms with E-state index >= 15 is 0 Å². The number of hydrogen-bond donors (Lipinski definition) is 0. The van der Waals surface area contributed by atoms with E-state index in [9.17, 15) is 14.4 Å². The van der Waals surface area contributed by atoms with E-state index in [4.69, 9.17) is 9.47 Å². The van der Waals surface area contributed by atoms with Gasteiger partial charge in [0.1, 0.15) is 0 Å². The van der Waals surface area contributed by atoms with Crippen LogP contribution in [0.25, 0.3) is 0 Å². The van der Waals surface area contributed by atoms with Crippen molar-refractivity contribution in [2.45, 2.75) is 19.8 Å².